The van der Waals surface area contributed by atoms with Gasteiger partial charge in [0.25, 0.3) is 0 Å². The van der Waals surface area contributed by atoms with Gasteiger partial charge in [-0.15, -0.1) is 10.2 Å². The molecular weight excluding hydrogens is 614 g/mol. The van der Waals surface area contributed by atoms with E-state index in [0.29, 0.717) is 23.7 Å². The minimum Gasteiger partial charge on any atom is -0.457 e. The summed E-state index contributed by atoms with van der Waals surface area (Å²) < 4.78 is 20.8. The lowest BCUT2D eigenvalue weighted by molar-refractivity contribution is -0.268. The quantitative estimate of drug-likeness (QED) is 0.131. The summed E-state index contributed by atoms with van der Waals surface area (Å²) in [5, 5.41) is 24.3. The fourth-order valence-electron chi connectivity index (χ4n) is 5.25. The first-order valence-electron chi connectivity index (χ1n) is 15.4. The van der Waals surface area contributed by atoms with Gasteiger partial charge in [-0.3, -0.25) is 0 Å². The van der Waals surface area contributed by atoms with Crippen molar-refractivity contribution >= 4 is 23.5 Å². The summed E-state index contributed by atoms with van der Waals surface area (Å²) in [6.45, 7) is 2.47. The number of aryl methyl sites for hydroxylation is 1. The third-order valence-corrected chi connectivity index (χ3v) is 9.09. The lowest BCUT2D eigenvalue weighted by atomic mass is 9.91. The van der Waals surface area contributed by atoms with Crippen LogP contribution in [0.2, 0.25) is 0 Å². The molecule has 1 aliphatic heterocycles. The van der Waals surface area contributed by atoms with E-state index in [0.717, 1.165) is 33.2 Å². The van der Waals surface area contributed by atoms with Crippen LogP contribution in [0.3, 0.4) is 0 Å². The number of carbonyl (C=O) groups excluding carboxylic acids is 1. The Hall–Kier alpha value is -4.68. The fourth-order valence-corrected chi connectivity index (χ4v) is 6.30. The third-order valence-electron chi connectivity index (χ3n) is 7.97. The fraction of sp³-hybridized carbons (Fsp3) is 0.250. The summed E-state index contributed by atoms with van der Waals surface area (Å²) in [5.41, 5.74) is 4.36. The smallest absolute Gasteiger partial charge is 0.319 e. The second kappa shape index (κ2) is 15.3. The number of para-hydroxylation sites is 1. The van der Waals surface area contributed by atoms with Gasteiger partial charge in [0.2, 0.25) is 0 Å². The van der Waals surface area contributed by atoms with Crippen LogP contribution >= 0.6 is 11.8 Å². The molecule has 1 saturated heterocycles. The summed E-state index contributed by atoms with van der Waals surface area (Å²) in [5.74, 6) is 2.17. The van der Waals surface area contributed by atoms with Crippen molar-refractivity contribution in [3.63, 3.8) is 0 Å². The van der Waals surface area contributed by atoms with Crippen molar-refractivity contribution in [3.8, 4) is 11.5 Å². The molecule has 5 aromatic rings. The van der Waals surface area contributed by atoms with Crippen LogP contribution in [0.5, 0.6) is 11.5 Å². The number of aromatic nitrogens is 3. The van der Waals surface area contributed by atoms with Crippen molar-refractivity contribution < 1.29 is 24.1 Å². The highest BCUT2D eigenvalue weighted by Gasteiger charge is 2.38. The number of amides is 2. The second-order valence-electron chi connectivity index (χ2n) is 11.3. The molecule has 242 valence electrons. The number of nitrogens with one attached hydrogen (secondary N) is 2. The minimum absolute atomic E-state index is 0.00929. The average Bonchev–Trinajstić information content (AvgIpc) is 3.52. The van der Waals surface area contributed by atoms with Gasteiger partial charge in [-0.25, -0.2) is 4.79 Å². The number of carbonyl (C=O) groups is 1. The molecule has 2 heterocycles. The zero-order valence-corrected chi connectivity index (χ0v) is 27.0. The SMILES string of the molecule is C[C@@H]1[C@H](CSc2nncn2C)O[C@H](c2ccc(CNC(=O)Nc3ccc(Oc4ccccc4)cc3)cc2)O[C@@H]1c1ccc(CO)cc1. The van der Waals surface area contributed by atoms with Crippen LogP contribution in [0.4, 0.5) is 10.5 Å². The number of aliphatic hydroxyl groups excluding tert-OH is 1. The second-order valence-corrected chi connectivity index (χ2v) is 12.3. The minimum atomic E-state index is -0.585. The number of urea groups is 1. The molecule has 1 fully saturated rings. The van der Waals surface area contributed by atoms with Crippen molar-refractivity contribution in [3.05, 3.63) is 132 Å². The Morgan fingerprint density at radius 3 is 2.26 bits per heavy atom. The van der Waals surface area contributed by atoms with E-state index in [4.69, 9.17) is 14.2 Å². The first-order chi connectivity index (χ1) is 22.9. The predicted octanol–water partition coefficient (Wildman–Crippen LogP) is 7.01. The highest BCUT2D eigenvalue weighted by atomic mass is 32.2. The first kappa shape index (κ1) is 32.3. The van der Waals surface area contributed by atoms with Crippen molar-refractivity contribution in [2.75, 3.05) is 11.1 Å². The Balaban J connectivity index is 1.07. The summed E-state index contributed by atoms with van der Waals surface area (Å²) >= 11 is 1.60. The van der Waals surface area contributed by atoms with Gasteiger partial charge in [0, 0.05) is 36.5 Å². The number of ether oxygens (including phenoxy) is 3. The van der Waals surface area contributed by atoms with Crippen molar-refractivity contribution in [1.82, 2.24) is 20.1 Å². The molecule has 0 unspecified atom stereocenters. The lowest BCUT2D eigenvalue weighted by Crippen LogP contribution is -2.38. The first-order valence-corrected chi connectivity index (χ1v) is 16.4. The van der Waals surface area contributed by atoms with Crippen molar-refractivity contribution in [2.24, 2.45) is 13.0 Å². The van der Waals surface area contributed by atoms with Crippen LogP contribution in [0.15, 0.2) is 115 Å². The van der Waals surface area contributed by atoms with Crippen LogP contribution < -0.4 is 15.4 Å². The van der Waals surface area contributed by atoms with Gasteiger partial charge in [-0.1, -0.05) is 85.4 Å². The molecule has 47 heavy (non-hydrogen) atoms. The largest absolute Gasteiger partial charge is 0.457 e. The Morgan fingerprint density at radius 1 is 0.894 bits per heavy atom. The van der Waals surface area contributed by atoms with Gasteiger partial charge >= 0.3 is 6.03 Å². The van der Waals surface area contributed by atoms with Gasteiger partial charge in [0.05, 0.1) is 18.8 Å². The van der Waals surface area contributed by atoms with E-state index in [-0.39, 0.29) is 30.8 Å². The maximum atomic E-state index is 12.6. The standard InChI is InChI=1S/C36H37N5O5S/c1-24-32(22-47-36-40-38-23-41(36)2)45-34(46-33(24)27-12-10-26(21-42)11-13-27)28-14-8-25(9-15-28)20-37-35(43)39-29-16-18-31(19-17-29)44-30-6-4-3-5-7-30/h3-19,23-24,32-34,42H,20-22H2,1-2H3,(H2,37,39,43)/t24-,32+,33+,34+/m1/s1. The number of nitrogens with zero attached hydrogens (tertiary/aromatic N) is 3. The van der Waals surface area contributed by atoms with E-state index in [9.17, 15) is 9.90 Å². The molecule has 0 saturated carbocycles. The normalized spacial score (nSPS) is 19.2. The molecule has 6 rings (SSSR count). The number of benzene rings is 4. The molecule has 1 aromatic heterocycles. The van der Waals surface area contributed by atoms with Gasteiger partial charge < -0.3 is 34.5 Å². The summed E-state index contributed by atoms with van der Waals surface area (Å²) in [6, 6.07) is 32.2. The molecule has 1 aliphatic rings. The number of thioether (sulfide) groups is 1. The topological polar surface area (TPSA) is 120 Å². The number of rotatable bonds is 11. The van der Waals surface area contributed by atoms with Crippen LogP contribution in [0, 0.1) is 5.92 Å². The van der Waals surface area contributed by atoms with E-state index in [1.807, 2.05) is 103 Å². The Bertz CT molecular complexity index is 1730. The molecule has 0 aliphatic carbocycles. The van der Waals surface area contributed by atoms with Gasteiger partial charge in [-0.05, 0) is 53.1 Å². The van der Waals surface area contributed by atoms with Crippen LogP contribution in [-0.2, 0) is 29.7 Å². The molecule has 4 aromatic carbocycles. The van der Waals surface area contributed by atoms with E-state index in [1.165, 1.54) is 0 Å². The lowest BCUT2D eigenvalue weighted by Gasteiger charge is -2.41. The van der Waals surface area contributed by atoms with Gasteiger partial charge in [0.1, 0.15) is 17.8 Å². The maximum absolute atomic E-state index is 12.6. The highest BCUT2D eigenvalue weighted by molar-refractivity contribution is 7.99. The summed E-state index contributed by atoms with van der Waals surface area (Å²) in [6.07, 6.45) is 0.764. The number of aliphatic hydroxyl groups is 1. The monoisotopic (exact) mass is 651 g/mol. The average molecular weight is 652 g/mol. The van der Waals surface area contributed by atoms with E-state index in [2.05, 4.69) is 27.8 Å². The zero-order valence-electron chi connectivity index (χ0n) is 26.2. The highest BCUT2D eigenvalue weighted by Crippen LogP contribution is 2.43. The molecular formula is C36H37N5O5S. The van der Waals surface area contributed by atoms with Crippen LogP contribution in [0.1, 0.15) is 41.6 Å². The van der Waals surface area contributed by atoms with Gasteiger partial charge in [-0.2, -0.15) is 0 Å². The molecule has 4 atom stereocenters. The number of anilines is 1. The molecule has 0 radical (unpaired) electrons. The zero-order chi connectivity index (χ0) is 32.6. The van der Waals surface area contributed by atoms with Crippen LogP contribution in [-0.4, -0.2) is 37.8 Å². The van der Waals surface area contributed by atoms with Gasteiger partial charge in [0.15, 0.2) is 11.4 Å². The van der Waals surface area contributed by atoms with Crippen LogP contribution in [0.25, 0.3) is 0 Å². The molecule has 10 nitrogen and oxygen atoms in total. The molecule has 3 N–H and O–H groups in total. The maximum Gasteiger partial charge on any atom is 0.319 e. The van der Waals surface area contributed by atoms with Crippen molar-refractivity contribution in [2.45, 2.75) is 43.7 Å². The van der Waals surface area contributed by atoms with Crippen molar-refractivity contribution in [1.29, 1.82) is 0 Å². The number of hydrogen-bond acceptors (Lipinski definition) is 8. The third kappa shape index (κ3) is 8.38. The summed E-state index contributed by atoms with van der Waals surface area (Å²) in [7, 11) is 1.92. The van der Waals surface area contributed by atoms with E-state index in [1.54, 1.807) is 30.2 Å². The Kier molecular flexibility index (Phi) is 10.5. The Labute approximate surface area is 278 Å². The Morgan fingerprint density at radius 2 is 1.57 bits per heavy atom. The molecule has 11 heteroatoms. The van der Waals surface area contributed by atoms with E-state index < -0.39 is 6.29 Å². The van der Waals surface area contributed by atoms with E-state index >= 15 is 0 Å². The molecule has 0 bridgehead atoms. The predicted molar refractivity (Wildman–Crippen MR) is 180 cm³/mol. The molecule has 2 amide bonds. The summed E-state index contributed by atoms with van der Waals surface area (Å²) in [4.78, 5) is 12.6. The number of hydrogen-bond donors (Lipinski definition) is 3. The molecule has 0 spiro atoms.